The minimum atomic E-state index is -0.314. The molecule has 0 radical (unpaired) electrons. The van der Waals surface area contributed by atoms with Crippen molar-refractivity contribution in [1.29, 1.82) is 0 Å². The fourth-order valence-corrected chi connectivity index (χ4v) is 2.65. The number of amides is 1. The maximum atomic E-state index is 13.0. The van der Waals surface area contributed by atoms with Crippen molar-refractivity contribution in [3.05, 3.63) is 35.7 Å². The van der Waals surface area contributed by atoms with Crippen LogP contribution in [0.3, 0.4) is 0 Å². The zero-order valence-electron chi connectivity index (χ0n) is 10.6. The van der Waals surface area contributed by atoms with Gasteiger partial charge in [0.1, 0.15) is 5.83 Å². The number of hydrogen-bond acceptors (Lipinski definition) is 2. The topological polar surface area (TPSA) is 37.4 Å². The second-order valence-corrected chi connectivity index (χ2v) is 5.36. The van der Waals surface area contributed by atoms with E-state index in [1.54, 1.807) is 11.0 Å². The Morgan fingerprint density at radius 1 is 1.21 bits per heavy atom. The van der Waals surface area contributed by atoms with E-state index >= 15 is 0 Å². The summed E-state index contributed by atoms with van der Waals surface area (Å²) >= 11 is 0. The zero-order valence-corrected chi connectivity index (χ0v) is 11.8. The molecular weight excluding hydrogens is 264 g/mol. The largest absolute Gasteiger partial charge is 0.339 e. The number of nitrogens with zero attached hydrogens (tertiary/aromatic N) is 1. The average molecular weight is 281 g/mol. The summed E-state index contributed by atoms with van der Waals surface area (Å²) in [6.45, 7) is 1.18. The number of hydrogen-bond donors (Lipinski definition) is 0. The van der Waals surface area contributed by atoms with E-state index in [9.17, 15) is 14.0 Å². The Balaban J connectivity index is 1.97. The van der Waals surface area contributed by atoms with Crippen LogP contribution in [0.1, 0.15) is 19.3 Å². The van der Waals surface area contributed by atoms with Crippen LogP contribution in [0.15, 0.2) is 35.7 Å². The second kappa shape index (κ2) is 6.25. The molecule has 1 saturated heterocycles. The molecule has 0 bridgehead atoms. The average Bonchev–Trinajstić information content (AvgIpc) is 2.63. The maximum absolute atomic E-state index is 13.0. The van der Waals surface area contributed by atoms with Gasteiger partial charge in [-0.1, -0.05) is 15.3 Å². The quantitative estimate of drug-likeness (QED) is 0.729. The van der Waals surface area contributed by atoms with E-state index in [0.717, 1.165) is 0 Å². The molecule has 1 aliphatic carbocycles. The fraction of sp³-hybridized carbons (Fsp3) is 0.429. The predicted octanol–water partition coefficient (Wildman–Crippen LogP) is 2.37. The summed E-state index contributed by atoms with van der Waals surface area (Å²) in [5.41, 5.74) is 0.645. The van der Waals surface area contributed by atoms with Crippen molar-refractivity contribution in [2.24, 2.45) is 5.92 Å². The van der Waals surface area contributed by atoms with Crippen LogP contribution in [0, 0.1) is 5.92 Å². The van der Waals surface area contributed by atoms with E-state index in [-0.39, 0.29) is 23.2 Å². The molecule has 1 atom stereocenters. The minimum Gasteiger partial charge on any atom is -0.339 e. The molecule has 1 unspecified atom stereocenters. The van der Waals surface area contributed by atoms with Crippen molar-refractivity contribution >= 4 is 20.7 Å². The molecule has 102 valence electrons. The van der Waals surface area contributed by atoms with E-state index in [0.29, 0.717) is 37.9 Å². The number of halogens is 1. The standard InChI is InChI=1S/C14H17FNO2P/c15-12-3-1-2-10(4-5-12)13(17)16-8-6-11(7-9-16)14(18)19/h2-5,11H,1,6-9,19H2. The highest BCUT2D eigenvalue weighted by atomic mass is 31.0. The molecule has 0 spiro atoms. The third kappa shape index (κ3) is 3.60. The Morgan fingerprint density at radius 2 is 1.89 bits per heavy atom. The van der Waals surface area contributed by atoms with Gasteiger partial charge in [-0.25, -0.2) is 4.39 Å². The molecular formula is C14H17FNO2P. The van der Waals surface area contributed by atoms with Crippen molar-refractivity contribution in [3.8, 4) is 0 Å². The molecule has 1 amide bonds. The Labute approximate surface area is 114 Å². The molecule has 0 saturated carbocycles. The first kappa shape index (κ1) is 14.1. The number of rotatable bonds is 2. The summed E-state index contributed by atoms with van der Waals surface area (Å²) < 4.78 is 13.0. The summed E-state index contributed by atoms with van der Waals surface area (Å²) in [7, 11) is 2.21. The van der Waals surface area contributed by atoms with Gasteiger partial charge in [0.05, 0.1) is 0 Å². The lowest BCUT2D eigenvalue weighted by Gasteiger charge is -2.31. The number of allylic oxidation sites excluding steroid dienone is 4. The second-order valence-electron chi connectivity index (χ2n) is 4.79. The first-order valence-corrected chi connectivity index (χ1v) is 6.98. The molecule has 0 aromatic heterocycles. The maximum Gasteiger partial charge on any atom is 0.253 e. The molecule has 1 aliphatic heterocycles. The lowest BCUT2D eigenvalue weighted by Crippen LogP contribution is -2.40. The molecule has 0 aromatic rings. The Bertz CT molecular complexity index is 474. The van der Waals surface area contributed by atoms with Crippen molar-refractivity contribution in [1.82, 2.24) is 4.90 Å². The molecule has 2 rings (SSSR count). The highest BCUT2D eigenvalue weighted by molar-refractivity contribution is 7.40. The first-order chi connectivity index (χ1) is 9.08. The van der Waals surface area contributed by atoms with Gasteiger partial charge in [0, 0.05) is 24.6 Å². The van der Waals surface area contributed by atoms with Gasteiger partial charge in [0.25, 0.3) is 5.91 Å². The summed E-state index contributed by atoms with van der Waals surface area (Å²) in [5, 5.41) is 0. The van der Waals surface area contributed by atoms with Crippen molar-refractivity contribution in [2.75, 3.05) is 13.1 Å². The smallest absolute Gasteiger partial charge is 0.253 e. The highest BCUT2D eigenvalue weighted by Crippen LogP contribution is 2.22. The van der Waals surface area contributed by atoms with Gasteiger partial charge >= 0.3 is 0 Å². The fourth-order valence-electron chi connectivity index (χ4n) is 2.31. The lowest BCUT2D eigenvalue weighted by atomic mass is 9.97. The van der Waals surface area contributed by atoms with Gasteiger partial charge in [-0.15, -0.1) is 0 Å². The third-order valence-corrected chi connectivity index (χ3v) is 3.98. The van der Waals surface area contributed by atoms with Crippen LogP contribution in [0.25, 0.3) is 0 Å². The van der Waals surface area contributed by atoms with Crippen LogP contribution >= 0.6 is 9.24 Å². The first-order valence-electron chi connectivity index (χ1n) is 6.40. The van der Waals surface area contributed by atoms with Crippen LogP contribution in [0.2, 0.25) is 0 Å². The molecule has 0 aromatic carbocycles. The van der Waals surface area contributed by atoms with Gasteiger partial charge in [-0.3, -0.25) is 9.59 Å². The van der Waals surface area contributed by atoms with E-state index in [1.165, 1.54) is 18.2 Å². The normalized spacial score (nSPS) is 20.6. The molecule has 19 heavy (non-hydrogen) atoms. The predicted molar refractivity (Wildman–Crippen MR) is 75.1 cm³/mol. The number of carbonyl (C=O) groups is 2. The van der Waals surface area contributed by atoms with E-state index in [1.807, 2.05) is 0 Å². The SMILES string of the molecule is O=C(P)C1CCN(C(=O)C2=CCC=C(F)C=C2)CC1. The van der Waals surface area contributed by atoms with Gasteiger partial charge in [0.2, 0.25) is 0 Å². The van der Waals surface area contributed by atoms with Crippen molar-refractivity contribution < 1.29 is 14.0 Å². The Morgan fingerprint density at radius 3 is 2.53 bits per heavy atom. The summed E-state index contributed by atoms with van der Waals surface area (Å²) in [4.78, 5) is 25.2. The van der Waals surface area contributed by atoms with E-state index < -0.39 is 0 Å². The summed E-state index contributed by atoms with van der Waals surface area (Å²) in [6.07, 6.45) is 7.86. The van der Waals surface area contributed by atoms with Gasteiger partial charge in [-0.05, 0) is 37.5 Å². The zero-order chi connectivity index (χ0) is 13.8. The van der Waals surface area contributed by atoms with Gasteiger partial charge < -0.3 is 4.90 Å². The van der Waals surface area contributed by atoms with Crippen LogP contribution in [-0.4, -0.2) is 29.4 Å². The molecule has 5 heteroatoms. The third-order valence-electron chi connectivity index (χ3n) is 3.50. The lowest BCUT2D eigenvalue weighted by molar-refractivity contribution is -0.129. The summed E-state index contributed by atoms with van der Waals surface area (Å²) in [5.74, 6) is -0.341. The highest BCUT2D eigenvalue weighted by Gasteiger charge is 2.26. The molecule has 1 fully saturated rings. The van der Waals surface area contributed by atoms with Crippen LogP contribution < -0.4 is 0 Å². The Hall–Kier alpha value is -1.28. The van der Waals surface area contributed by atoms with Gasteiger partial charge in [0.15, 0.2) is 5.52 Å². The van der Waals surface area contributed by atoms with Crippen molar-refractivity contribution in [2.45, 2.75) is 19.3 Å². The van der Waals surface area contributed by atoms with Crippen LogP contribution in [-0.2, 0) is 9.59 Å². The summed E-state index contributed by atoms with van der Waals surface area (Å²) in [6, 6.07) is 0. The van der Waals surface area contributed by atoms with Crippen LogP contribution in [0.5, 0.6) is 0 Å². The number of piperidine rings is 1. The van der Waals surface area contributed by atoms with Crippen molar-refractivity contribution in [3.63, 3.8) is 0 Å². The molecule has 2 aliphatic rings. The molecule has 0 N–H and O–H groups in total. The minimum absolute atomic E-state index is 0.0480. The number of likely N-dealkylation sites (tertiary alicyclic amines) is 1. The van der Waals surface area contributed by atoms with Gasteiger partial charge in [-0.2, -0.15) is 0 Å². The monoisotopic (exact) mass is 281 g/mol. The number of carbonyl (C=O) groups excluding carboxylic acids is 2. The molecule has 3 nitrogen and oxygen atoms in total. The molecule has 1 heterocycles. The van der Waals surface area contributed by atoms with E-state index in [4.69, 9.17) is 0 Å². The Kier molecular flexibility index (Phi) is 4.65. The van der Waals surface area contributed by atoms with E-state index in [2.05, 4.69) is 9.24 Å². The van der Waals surface area contributed by atoms with Crippen LogP contribution in [0.4, 0.5) is 4.39 Å².